The second kappa shape index (κ2) is 10.3. The molecule has 0 saturated heterocycles. The van der Waals surface area contributed by atoms with Crippen LogP contribution in [0, 0.1) is 0 Å². The molecule has 0 aliphatic heterocycles. The number of carbonyl (C=O) groups is 1. The maximum absolute atomic E-state index is 12.6. The van der Waals surface area contributed by atoms with E-state index in [0.717, 1.165) is 16.9 Å². The summed E-state index contributed by atoms with van der Waals surface area (Å²) in [7, 11) is -2.72. The predicted octanol–water partition coefficient (Wildman–Crippen LogP) is 4.43. The minimum atomic E-state index is -1.90. The molecule has 5 nitrogen and oxygen atoms in total. The first-order chi connectivity index (χ1) is 14.0. The number of ether oxygens (including phenoxy) is 1. The van der Waals surface area contributed by atoms with Crippen molar-refractivity contribution in [2.75, 3.05) is 0 Å². The van der Waals surface area contributed by atoms with Gasteiger partial charge in [0.1, 0.15) is 18.4 Å². The van der Waals surface area contributed by atoms with Gasteiger partial charge in [0.25, 0.3) is 0 Å². The Balaban J connectivity index is 2.02. The van der Waals surface area contributed by atoms with Gasteiger partial charge < -0.3 is 19.4 Å². The molecule has 1 unspecified atom stereocenters. The lowest BCUT2D eigenvalue weighted by Gasteiger charge is -2.36. The van der Waals surface area contributed by atoms with Crippen LogP contribution in [0.3, 0.4) is 0 Å². The molecule has 0 spiro atoms. The number of nitrogens with one attached hydrogen (secondary N) is 1. The fraction of sp³-hybridized carbons (Fsp3) is 0.435. The van der Waals surface area contributed by atoms with Crippen LogP contribution in [0.2, 0.25) is 25.0 Å². The van der Waals surface area contributed by atoms with Gasteiger partial charge in [-0.25, -0.2) is 0 Å². The molecule has 2 rings (SSSR count). The summed E-state index contributed by atoms with van der Waals surface area (Å²) < 4.78 is 11.8. The second-order valence-corrected chi connectivity index (χ2v) is 13.9. The highest BCUT2D eigenvalue weighted by atomic mass is 28.4. The lowest BCUT2D eigenvalue weighted by molar-refractivity contribution is -0.147. The first kappa shape index (κ1) is 24.2. The van der Waals surface area contributed by atoms with Crippen molar-refractivity contribution in [1.29, 1.82) is 0 Å². The summed E-state index contributed by atoms with van der Waals surface area (Å²) in [5.74, 6) is 0.457. The van der Waals surface area contributed by atoms with Gasteiger partial charge in [0.2, 0.25) is 8.32 Å². The van der Waals surface area contributed by atoms with Crippen LogP contribution in [0.1, 0.15) is 31.9 Å². The van der Waals surface area contributed by atoms with Crippen molar-refractivity contribution < 1.29 is 19.0 Å². The van der Waals surface area contributed by atoms with Gasteiger partial charge >= 0.3 is 13.0 Å². The zero-order chi connectivity index (χ0) is 22.4. The first-order valence-electron chi connectivity index (χ1n) is 10.4. The van der Waals surface area contributed by atoms with E-state index in [4.69, 9.17) is 9.16 Å². The quantitative estimate of drug-likeness (QED) is 0.458. The van der Waals surface area contributed by atoms with E-state index in [-0.39, 0.29) is 17.6 Å². The molecule has 0 saturated carbocycles. The maximum atomic E-state index is 12.6. The smallest absolute Gasteiger partial charge is 0.374 e. The van der Waals surface area contributed by atoms with E-state index < -0.39 is 21.4 Å². The van der Waals surface area contributed by atoms with E-state index in [9.17, 15) is 9.82 Å². The Morgan fingerprint density at radius 3 is 2.20 bits per heavy atom. The summed E-state index contributed by atoms with van der Waals surface area (Å²) in [6.07, 6.45) is 0.416. The van der Waals surface area contributed by atoms with E-state index in [0.29, 0.717) is 6.42 Å². The molecule has 0 heterocycles. The van der Waals surface area contributed by atoms with E-state index >= 15 is 0 Å². The molecule has 0 aliphatic rings. The minimum Gasteiger partial charge on any atom is -0.544 e. The summed E-state index contributed by atoms with van der Waals surface area (Å²) in [6.45, 7) is 12.9. The molecule has 0 aliphatic carbocycles. The van der Waals surface area contributed by atoms with Gasteiger partial charge in [0.15, 0.2) is 0 Å². The zero-order valence-electron chi connectivity index (χ0n) is 18.9. The number of hydrogen-bond acceptors (Lipinski definition) is 5. The molecule has 0 fully saturated rings. The first-order valence-corrected chi connectivity index (χ1v) is 13.3. The normalized spacial score (nSPS) is 12.9. The molecular weight excluding hydrogens is 393 g/mol. The lowest BCUT2D eigenvalue weighted by atomic mass is 9.86. The van der Waals surface area contributed by atoms with Crippen LogP contribution < -0.4 is 9.65 Å². The third kappa shape index (κ3) is 7.31. The predicted molar refractivity (Wildman–Crippen MR) is 125 cm³/mol. The fourth-order valence-corrected chi connectivity index (χ4v) is 3.74. The zero-order valence-corrected chi connectivity index (χ0v) is 19.9. The van der Waals surface area contributed by atoms with Gasteiger partial charge in [-0.15, -0.1) is 0 Å². The van der Waals surface area contributed by atoms with Gasteiger partial charge in [0.05, 0.1) is 0 Å². The van der Waals surface area contributed by atoms with Crippen molar-refractivity contribution in [2.24, 2.45) is 0 Å². The van der Waals surface area contributed by atoms with Crippen LogP contribution in [-0.4, -0.2) is 32.4 Å². The molecule has 162 valence electrons. The van der Waals surface area contributed by atoms with Crippen LogP contribution in [0.25, 0.3) is 0 Å². The van der Waals surface area contributed by atoms with Gasteiger partial charge in [-0.1, -0.05) is 63.2 Å². The molecule has 7 heteroatoms. The van der Waals surface area contributed by atoms with Gasteiger partial charge in [0, 0.05) is 0 Å². The summed E-state index contributed by atoms with van der Waals surface area (Å²) >= 11 is 0. The van der Waals surface area contributed by atoms with Crippen molar-refractivity contribution >= 4 is 21.3 Å². The Morgan fingerprint density at radius 2 is 1.67 bits per heavy atom. The maximum Gasteiger partial charge on any atom is 0.374 e. The summed E-state index contributed by atoms with van der Waals surface area (Å²) in [5, 5.41) is 12.8. The van der Waals surface area contributed by atoms with Crippen LogP contribution in [0.4, 0.5) is 0 Å². The van der Waals surface area contributed by atoms with Crippen LogP contribution in [-0.2, 0) is 22.6 Å². The molecule has 2 N–H and O–H groups in total. The number of hydrogen-bond donors (Lipinski definition) is 2. The Morgan fingerprint density at radius 1 is 1.07 bits per heavy atom. The van der Waals surface area contributed by atoms with Crippen molar-refractivity contribution in [3.63, 3.8) is 0 Å². The van der Waals surface area contributed by atoms with Gasteiger partial charge in [-0.3, -0.25) is 4.79 Å². The monoisotopic (exact) mass is 427 g/mol. The highest BCUT2D eigenvalue weighted by Crippen LogP contribution is 2.37. The van der Waals surface area contributed by atoms with Gasteiger partial charge in [-0.05, 0) is 54.6 Å². The third-order valence-corrected chi connectivity index (χ3v) is 9.85. The van der Waals surface area contributed by atoms with E-state index in [1.54, 1.807) is 6.82 Å². The number of rotatable bonds is 9. The second-order valence-electron chi connectivity index (χ2n) is 9.20. The van der Waals surface area contributed by atoms with Gasteiger partial charge in [-0.2, -0.15) is 0 Å². The van der Waals surface area contributed by atoms with E-state index in [1.807, 2.05) is 54.6 Å². The van der Waals surface area contributed by atoms with Crippen molar-refractivity contribution in [3.8, 4) is 5.75 Å². The molecule has 0 amide bonds. The van der Waals surface area contributed by atoms with E-state index in [2.05, 4.69) is 39.1 Å². The number of esters is 1. The Bertz CT molecular complexity index is 804. The number of carbonyl (C=O) groups excluding carboxylic acids is 1. The van der Waals surface area contributed by atoms with Crippen molar-refractivity contribution in [1.82, 2.24) is 5.23 Å². The third-order valence-electron chi connectivity index (χ3n) is 5.49. The van der Waals surface area contributed by atoms with Crippen molar-refractivity contribution in [2.45, 2.75) is 64.8 Å². The van der Waals surface area contributed by atoms with Crippen LogP contribution in [0.15, 0.2) is 54.6 Å². The largest absolute Gasteiger partial charge is 0.544 e. The highest BCUT2D eigenvalue weighted by Gasteiger charge is 2.38. The number of benzene rings is 2. The Hall–Kier alpha value is -2.09. The SMILES string of the molecule is CB(O)NC(Cc1ccc(O[Si](C)(C)C(C)(C)C)cc1)C(=O)OCc1ccccc1. The molecular formula is C23H34BNO4Si. The molecule has 1 atom stereocenters. The van der Waals surface area contributed by atoms with Crippen LogP contribution >= 0.6 is 0 Å². The van der Waals surface area contributed by atoms with Crippen LogP contribution in [0.5, 0.6) is 5.75 Å². The average Bonchev–Trinajstić information content (AvgIpc) is 2.66. The fourth-order valence-electron chi connectivity index (χ4n) is 2.71. The summed E-state index contributed by atoms with van der Waals surface area (Å²) in [5.41, 5.74) is 1.89. The molecule has 0 aromatic heterocycles. The molecule has 2 aromatic rings. The summed E-state index contributed by atoms with van der Waals surface area (Å²) in [4.78, 5) is 12.6. The lowest BCUT2D eigenvalue weighted by Crippen LogP contribution is -2.46. The topological polar surface area (TPSA) is 67.8 Å². The Kier molecular flexibility index (Phi) is 8.29. The average molecular weight is 427 g/mol. The molecule has 2 aromatic carbocycles. The molecule has 30 heavy (non-hydrogen) atoms. The highest BCUT2D eigenvalue weighted by molar-refractivity contribution is 6.74. The molecule has 0 bridgehead atoms. The minimum absolute atomic E-state index is 0.125. The Labute approximate surface area is 182 Å². The van der Waals surface area contributed by atoms with Crippen molar-refractivity contribution in [3.05, 3.63) is 65.7 Å². The molecule has 0 radical (unpaired) electrons. The van der Waals surface area contributed by atoms with E-state index in [1.165, 1.54) is 0 Å². The standard InChI is InChI=1S/C23H34BNO4Si/c1-23(2,3)30(5,6)29-20-14-12-18(13-15-20)16-21(25-24(4)27)22(26)28-17-19-10-8-7-9-11-19/h7-15,21,25,27H,16-17H2,1-6H3. The summed E-state index contributed by atoms with van der Waals surface area (Å²) in [6, 6.07) is 16.7.